The van der Waals surface area contributed by atoms with E-state index in [1.807, 2.05) is 44.2 Å². The van der Waals surface area contributed by atoms with Gasteiger partial charge in [-0.1, -0.05) is 18.2 Å². The molecular formula is C18H23N5O. The van der Waals surface area contributed by atoms with E-state index in [9.17, 15) is 4.79 Å². The number of rotatable bonds is 4. The summed E-state index contributed by atoms with van der Waals surface area (Å²) in [5.74, 6) is 0.794. The van der Waals surface area contributed by atoms with Crippen molar-refractivity contribution in [1.29, 1.82) is 0 Å². The smallest absolute Gasteiger partial charge is 0.241 e. The average Bonchev–Trinajstić information content (AvgIpc) is 2.64. The molecule has 6 heteroatoms. The van der Waals surface area contributed by atoms with E-state index in [1.54, 1.807) is 12.4 Å². The van der Waals surface area contributed by atoms with Crippen LogP contribution < -0.4 is 10.2 Å². The SMILES string of the molecule is Cc1ccccc1NC(=O)C(C)N1CCN(c2ncccn2)CC1. The summed E-state index contributed by atoms with van der Waals surface area (Å²) < 4.78 is 0. The van der Waals surface area contributed by atoms with Gasteiger partial charge in [-0.3, -0.25) is 9.69 Å². The first-order valence-electron chi connectivity index (χ1n) is 8.27. The Morgan fingerprint density at radius 2 is 1.75 bits per heavy atom. The van der Waals surface area contributed by atoms with Crippen LogP contribution in [0.3, 0.4) is 0 Å². The summed E-state index contributed by atoms with van der Waals surface area (Å²) in [5, 5.41) is 3.03. The number of nitrogens with one attached hydrogen (secondary N) is 1. The number of para-hydroxylation sites is 1. The lowest BCUT2D eigenvalue weighted by Gasteiger charge is -2.37. The summed E-state index contributed by atoms with van der Waals surface area (Å²) in [7, 11) is 0. The van der Waals surface area contributed by atoms with Crippen molar-refractivity contribution in [2.24, 2.45) is 0 Å². The molecule has 24 heavy (non-hydrogen) atoms. The van der Waals surface area contributed by atoms with Gasteiger partial charge in [0, 0.05) is 44.3 Å². The predicted molar refractivity (Wildman–Crippen MR) is 95.1 cm³/mol. The lowest BCUT2D eigenvalue weighted by atomic mass is 10.1. The number of benzene rings is 1. The highest BCUT2D eigenvalue weighted by Crippen LogP contribution is 2.16. The van der Waals surface area contributed by atoms with Crippen LogP contribution in [0, 0.1) is 6.92 Å². The van der Waals surface area contributed by atoms with Crippen molar-refractivity contribution in [3.8, 4) is 0 Å². The number of carbonyl (C=O) groups is 1. The quantitative estimate of drug-likeness (QED) is 0.931. The van der Waals surface area contributed by atoms with Gasteiger partial charge in [0.15, 0.2) is 0 Å². The Hall–Kier alpha value is -2.47. The van der Waals surface area contributed by atoms with Gasteiger partial charge in [0.2, 0.25) is 11.9 Å². The molecule has 1 aromatic heterocycles. The van der Waals surface area contributed by atoms with Crippen LogP contribution in [0.2, 0.25) is 0 Å². The molecule has 1 amide bonds. The van der Waals surface area contributed by atoms with Crippen LogP contribution >= 0.6 is 0 Å². The first kappa shape index (κ1) is 16.4. The molecule has 0 bridgehead atoms. The summed E-state index contributed by atoms with van der Waals surface area (Å²) in [5.41, 5.74) is 1.95. The number of nitrogens with zero attached hydrogens (tertiary/aromatic N) is 4. The molecule has 1 saturated heterocycles. The number of hydrogen-bond donors (Lipinski definition) is 1. The predicted octanol–water partition coefficient (Wildman–Crippen LogP) is 1.93. The molecule has 3 rings (SSSR count). The van der Waals surface area contributed by atoms with E-state index in [2.05, 4.69) is 25.1 Å². The monoisotopic (exact) mass is 325 g/mol. The number of amides is 1. The van der Waals surface area contributed by atoms with Gasteiger partial charge in [0.25, 0.3) is 0 Å². The molecule has 1 aliphatic rings. The summed E-state index contributed by atoms with van der Waals surface area (Å²) in [6.07, 6.45) is 3.51. The second-order valence-corrected chi connectivity index (χ2v) is 6.05. The first-order chi connectivity index (χ1) is 11.6. The largest absolute Gasteiger partial charge is 0.338 e. The molecule has 1 atom stereocenters. The van der Waals surface area contributed by atoms with Gasteiger partial charge < -0.3 is 10.2 Å². The van der Waals surface area contributed by atoms with Crippen molar-refractivity contribution in [3.63, 3.8) is 0 Å². The molecule has 0 radical (unpaired) electrons. The highest BCUT2D eigenvalue weighted by atomic mass is 16.2. The standard InChI is InChI=1S/C18H23N5O/c1-14-6-3-4-7-16(14)21-17(24)15(2)22-10-12-23(13-11-22)18-19-8-5-9-20-18/h3-9,15H,10-13H2,1-2H3,(H,21,24). The molecule has 6 nitrogen and oxygen atoms in total. The number of carbonyl (C=O) groups excluding carboxylic acids is 1. The molecular weight excluding hydrogens is 302 g/mol. The van der Waals surface area contributed by atoms with Gasteiger partial charge in [-0.2, -0.15) is 0 Å². The zero-order valence-electron chi connectivity index (χ0n) is 14.1. The summed E-state index contributed by atoms with van der Waals surface area (Å²) in [4.78, 5) is 25.5. The molecule has 2 heterocycles. The zero-order chi connectivity index (χ0) is 16.9. The Kier molecular flexibility index (Phi) is 5.05. The highest BCUT2D eigenvalue weighted by Gasteiger charge is 2.26. The molecule has 126 valence electrons. The lowest BCUT2D eigenvalue weighted by molar-refractivity contribution is -0.120. The minimum absolute atomic E-state index is 0.0358. The van der Waals surface area contributed by atoms with Crippen molar-refractivity contribution >= 4 is 17.5 Å². The summed E-state index contributed by atoms with van der Waals surface area (Å²) >= 11 is 0. The van der Waals surface area contributed by atoms with Crippen LogP contribution in [0.25, 0.3) is 0 Å². The molecule has 1 aliphatic heterocycles. The van der Waals surface area contributed by atoms with Crippen LogP contribution in [0.5, 0.6) is 0 Å². The van der Waals surface area contributed by atoms with Crippen LogP contribution in [-0.2, 0) is 4.79 Å². The molecule has 2 aromatic rings. The molecule has 1 unspecified atom stereocenters. The molecule has 1 fully saturated rings. The molecule has 0 aliphatic carbocycles. The van der Waals surface area contributed by atoms with Gasteiger partial charge in [0.1, 0.15) is 0 Å². The van der Waals surface area contributed by atoms with Crippen LogP contribution in [0.15, 0.2) is 42.7 Å². The summed E-state index contributed by atoms with van der Waals surface area (Å²) in [6.45, 7) is 7.25. The average molecular weight is 325 g/mol. The maximum absolute atomic E-state index is 12.5. The Morgan fingerprint density at radius 1 is 1.08 bits per heavy atom. The molecule has 0 spiro atoms. The first-order valence-corrected chi connectivity index (χ1v) is 8.27. The Morgan fingerprint density at radius 3 is 2.42 bits per heavy atom. The third-order valence-electron chi connectivity index (χ3n) is 4.48. The van der Waals surface area contributed by atoms with Gasteiger partial charge in [-0.05, 0) is 31.5 Å². The number of aryl methyl sites for hydroxylation is 1. The second kappa shape index (κ2) is 7.40. The normalized spacial score (nSPS) is 16.7. The van der Waals surface area contributed by atoms with E-state index in [-0.39, 0.29) is 11.9 Å². The summed E-state index contributed by atoms with van der Waals surface area (Å²) in [6, 6.07) is 9.50. The van der Waals surface area contributed by atoms with Gasteiger partial charge in [0.05, 0.1) is 6.04 Å². The van der Waals surface area contributed by atoms with E-state index >= 15 is 0 Å². The van der Waals surface area contributed by atoms with Crippen molar-refractivity contribution in [1.82, 2.24) is 14.9 Å². The molecule has 1 N–H and O–H groups in total. The fourth-order valence-electron chi connectivity index (χ4n) is 2.88. The second-order valence-electron chi connectivity index (χ2n) is 6.05. The third kappa shape index (κ3) is 3.71. The topological polar surface area (TPSA) is 61.4 Å². The van der Waals surface area contributed by atoms with Gasteiger partial charge >= 0.3 is 0 Å². The number of anilines is 2. The van der Waals surface area contributed by atoms with Gasteiger partial charge in [-0.25, -0.2) is 9.97 Å². The van der Waals surface area contributed by atoms with Gasteiger partial charge in [-0.15, -0.1) is 0 Å². The van der Waals surface area contributed by atoms with Crippen LogP contribution in [0.1, 0.15) is 12.5 Å². The minimum atomic E-state index is -0.163. The van der Waals surface area contributed by atoms with Crippen molar-refractivity contribution in [3.05, 3.63) is 48.3 Å². The lowest BCUT2D eigenvalue weighted by Crippen LogP contribution is -2.53. The van der Waals surface area contributed by atoms with E-state index < -0.39 is 0 Å². The maximum atomic E-state index is 12.5. The third-order valence-corrected chi connectivity index (χ3v) is 4.48. The number of piperazine rings is 1. The fourth-order valence-corrected chi connectivity index (χ4v) is 2.88. The van der Waals surface area contributed by atoms with E-state index in [4.69, 9.17) is 0 Å². The van der Waals surface area contributed by atoms with E-state index in [0.29, 0.717) is 0 Å². The van der Waals surface area contributed by atoms with Crippen molar-refractivity contribution in [2.75, 3.05) is 36.4 Å². The Balaban J connectivity index is 1.56. The molecule has 0 saturated carbocycles. The number of hydrogen-bond acceptors (Lipinski definition) is 5. The Labute approximate surface area is 142 Å². The zero-order valence-corrected chi connectivity index (χ0v) is 14.1. The van der Waals surface area contributed by atoms with Crippen molar-refractivity contribution < 1.29 is 4.79 Å². The van der Waals surface area contributed by atoms with Crippen molar-refractivity contribution in [2.45, 2.75) is 19.9 Å². The fraction of sp³-hybridized carbons (Fsp3) is 0.389. The number of aromatic nitrogens is 2. The molecule has 1 aromatic carbocycles. The maximum Gasteiger partial charge on any atom is 0.241 e. The highest BCUT2D eigenvalue weighted by molar-refractivity contribution is 5.95. The van der Waals surface area contributed by atoms with Crippen LogP contribution in [-0.4, -0.2) is 53.0 Å². The van der Waals surface area contributed by atoms with E-state index in [0.717, 1.165) is 43.4 Å². The Bertz CT molecular complexity index is 683. The van der Waals surface area contributed by atoms with Crippen LogP contribution in [0.4, 0.5) is 11.6 Å². The van der Waals surface area contributed by atoms with E-state index in [1.165, 1.54) is 0 Å². The minimum Gasteiger partial charge on any atom is -0.338 e.